The van der Waals surface area contributed by atoms with Gasteiger partial charge in [0.2, 0.25) is 5.78 Å². The van der Waals surface area contributed by atoms with E-state index in [1.165, 1.54) is 28.0 Å². The van der Waals surface area contributed by atoms with Crippen molar-refractivity contribution in [3.63, 3.8) is 0 Å². The zero-order valence-electron chi connectivity index (χ0n) is 21.9. The van der Waals surface area contributed by atoms with Crippen LogP contribution in [0.1, 0.15) is 43.0 Å². The Morgan fingerprint density at radius 3 is 2.58 bits per heavy atom. The van der Waals surface area contributed by atoms with E-state index in [4.69, 9.17) is 9.47 Å². The lowest BCUT2D eigenvalue weighted by Gasteiger charge is -2.29. The summed E-state index contributed by atoms with van der Waals surface area (Å²) in [5, 5.41) is 25.3. The molecule has 2 aliphatic heterocycles. The van der Waals surface area contributed by atoms with Crippen molar-refractivity contribution >= 4 is 23.1 Å². The summed E-state index contributed by atoms with van der Waals surface area (Å²) in [5.41, 5.74) is 0.887. The van der Waals surface area contributed by atoms with Crippen molar-refractivity contribution in [3.05, 3.63) is 74.8 Å². The van der Waals surface area contributed by atoms with Crippen LogP contribution in [0, 0.1) is 17.0 Å². The lowest BCUT2D eigenvalue weighted by Crippen LogP contribution is -3.14. The lowest BCUT2D eigenvalue weighted by molar-refractivity contribution is -0.908. The monoisotopic (exact) mass is 523 g/mol. The fraction of sp³-hybridized carbons (Fsp3) is 0.429. The average Bonchev–Trinajstić information content (AvgIpc) is 3.14. The highest BCUT2D eigenvalue weighted by atomic mass is 16.6. The molecule has 2 saturated heterocycles. The molecule has 0 bridgehead atoms. The molecular formula is C28H33N3O7. The Bertz CT molecular complexity index is 1250. The van der Waals surface area contributed by atoms with Crippen LogP contribution in [0.3, 0.4) is 0 Å². The average molecular weight is 524 g/mol. The number of quaternary nitrogens is 1. The number of ketones is 1. The van der Waals surface area contributed by atoms with E-state index in [2.05, 4.69) is 0 Å². The maximum absolute atomic E-state index is 13.8. The van der Waals surface area contributed by atoms with Crippen molar-refractivity contribution in [1.82, 2.24) is 4.90 Å². The van der Waals surface area contributed by atoms with Crippen LogP contribution in [0.2, 0.25) is 0 Å². The number of aryl methyl sites for hydroxylation is 1. The van der Waals surface area contributed by atoms with E-state index in [1.807, 2.05) is 13.8 Å². The number of Topliss-reactive ketones (excluding diaryl/α,β-unsaturated/α-hetero) is 1. The molecule has 2 aromatic rings. The standard InChI is InChI=1S/C28H33N3O7/c1-18(2)38-22-8-9-23(19(3)16-22)26(32)24-25(20-6-4-7-21(17-20)31(35)36)30(28(34)27(24)33)11-5-10-29-12-14-37-15-13-29/h4,6-9,16-18,25,32H,5,10-15H2,1-3H3. The molecule has 4 rings (SSSR count). The number of nitro benzene ring substituents is 1. The number of rotatable bonds is 9. The first kappa shape index (κ1) is 27.3. The lowest BCUT2D eigenvalue weighted by atomic mass is 9.93. The topological polar surface area (TPSA) is 126 Å². The van der Waals surface area contributed by atoms with Crippen LogP contribution in [0.25, 0.3) is 5.76 Å². The smallest absolute Gasteiger partial charge is 0.295 e. The molecule has 1 N–H and O–H groups in total. The second-order valence-corrected chi connectivity index (χ2v) is 9.93. The fourth-order valence-corrected chi connectivity index (χ4v) is 5.05. The Kier molecular flexibility index (Phi) is 8.43. The van der Waals surface area contributed by atoms with E-state index >= 15 is 0 Å². The molecule has 2 aromatic carbocycles. The van der Waals surface area contributed by atoms with E-state index in [-0.39, 0.29) is 29.5 Å². The molecule has 202 valence electrons. The molecule has 1 unspecified atom stereocenters. The van der Waals surface area contributed by atoms with Gasteiger partial charge in [0.25, 0.3) is 11.6 Å². The van der Waals surface area contributed by atoms with Crippen molar-refractivity contribution in [2.75, 3.05) is 39.4 Å². The van der Waals surface area contributed by atoms with Crippen LogP contribution in [-0.4, -0.2) is 67.0 Å². The second kappa shape index (κ2) is 11.7. The molecule has 0 spiro atoms. The fourth-order valence-electron chi connectivity index (χ4n) is 5.05. The summed E-state index contributed by atoms with van der Waals surface area (Å²) >= 11 is 0. The summed E-state index contributed by atoms with van der Waals surface area (Å²) in [6.07, 6.45) is 0.562. The highest BCUT2D eigenvalue weighted by molar-refractivity contribution is 6.46. The number of hydrogen-bond acceptors (Lipinski definition) is 7. The Hall–Kier alpha value is -3.76. The maximum atomic E-state index is 13.8. The summed E-state index contributed by atoms with van der Waals surface area (Å²) in [6.45, 7) is 9.66. The predicted octanol–water partition coefficient (Wildman–Crippen LogP) is 1.22. The quantitative estimate of drug-likeness (QED) is 0.172. The third-order valence-electron chi connectivity index (χ3n) is 6.87. The number of ether oxygens (including phenoxy) is 2. The van der Waals surface area contributed by atoms with E-state index in [1.54, 1.807) is 31.2 Å². The van der Waals surface area contributed by atoms with E-state index < -0.39 is 28.4 Å². The Labute approximate surface area is 221 Å². The highest BCUT2D eigenvalue weighted by Crippen LogP contribution is 2.40. The third-order valence-corrected chi connectivity index (χ3v) is 6.87. The number of carbonyl (C=O) groups is 2. The summed E-state index contributed by atoms with van der Waals surface area (Å²) in [4.78, 5) is 40.2. The van der Waals surface area contributed by atoms with Gasteiger partial charge >= 0.3 is 0 Å². The van der Waals surface area contributed by atoms with Crippen molar-refractivity contribution < 1.29 is 34.0 Å². The number of likely N-dealkylation sites (tertiary alicyclic amines) is 1. The van der Waals surface area contributed by atoms with Gasteiger partial charge in [-0.3, -0.25) is 19.7 Å². The second-order valence-electron chi connectivity index (χ2n) is 9.93. The Morgan fingerprint density at radius 1 is 1.18 bits per heavy atom. The number of amides is 1. The summed E-state index contributed by atoms with van der Waals surface area (Å²) in [7, 11) is 0. The van der Waals surface area contributed by atoms with Crippen LogP contribution in [0.4, 0.5) is 5.69 Å². The summed E-state index contributed by atoms with van der Waals surface area (Å²) < 4.78 is 11.1. The van der Waals surface area contributed by atoms with Gasteiger partial charge in [-0.25, -0.2) is 0 Å². The van der Waals surface area contributed by atoms with Gasteiger partial charge in [0.15, 0.2) is 0 Å². The molecule has 0 aromatic heterocycles. The predicted molar refractivity (Wildman–Crippen MR) is 137 cm³/mol. The molecule has 0 radical (unpaired) electrons. The zero-order chi connectivity index (χ0) is 27.4. The summed E-state index contributed by atoms with van der Waals surface area (Å²) in [5.74, 6) is -1.60. The first-order chi connectivity index (χ1) is 18.2. The van der Waals surface area contributed by atoms with Gasteiger partial charge in [0, 0.05) is 30.7 Å². The zero-order valence-corrected chi connectivity index (χ0v) is 21.9. The number of carbonyl (C=O) groups excluding carboxylic acids is 2. The molecular weight excluding hydrogens is 490 g/mol. The molecule has 0 aliphatic carbocycles. The van der Waals surface area contributed by atoms with Crippen LogP contribution in [0.5, 0.6) is 5.75 Å². The third kappa shape index (κ3) is 5.87. The summed E-state index contributed by atoms with van der Waals surface area (Å²) in [6, 6.07) is 9.76. The minimum absolute atomic E-state index is 0.0505. The van der Waals surface area contributed by atoms with Gasteiger partial charge in [-0.2, -0.15) is 0 Å². The Balaban J connectivity index is 1.72. The van der Waals surface area contributed by atoms with Crippen molar-refractivity contribution in [3.8, 4) is 5.75 Å². The number of morpholine rings is 1. The SMILES string of the molecule is Cc1cc(OC(C)C)ccc1C([O-])=C1C(=O)C(=O)N(CCC[NH+]2CCOCC2)C1c1cccc([N+](=O)[O-])c1. The van der Waals surface area contributed by atoms with E-state index in [9.17, 15) is 24.8 Å². The number of nitrogens with zero attached hydrogens (tertiary/aromatic N) is 2. The first-order valence-electron chi connectivity index (χ1n) is 12.9. The van der Waals surface area contributed by atoms with Crippen molar-refractivity contribution in [2.45, 2.75) is 39.3 Å². The molecule has 1 atom stereocenters. The van der Waals surface area contributed by atoms with Crippen molar-refractivity contribution in [2.24, 2.45) is 0 Å². The molecule has 2 aliphatic rings. The number of nitrogens with one attached hydrogen (secondary N) is 1. The van der Waals surface area contributed by atoms with E-state index in [0.29, 0.717) is 36.5 Å². The molecule has 2 heterocycles. The van der Waals surface area contributed by atoms with Gasteiger partial charge < -0.3 is 24.4 Å². The van der Waals surface area contributed by atoms with Gasteiger partial charge in [-0.05, 0) is 49.6 Å². The molecule has 2 fully saturated rings. The minimum atomic E-state index is -1.01. The van der Waals surface area contributed by atoms with Crippen molar-refractivity contribution in [1.29, 1.82) is 0 Å². The first-order valence-corrected chi connectivity index (χ1v) is 12.9. The van der Waals surface area contributed by atoms with Crippen LogP contribution in [-0.2, 0) is 14.3 Å². The van der Waals surface area contributed by atoms with Crippen LogP contribution in [0.15, 0.2) is 48.0 Å². The van der Waals surface area contributed by atoms with Crippen LogP contribution >= 0.6 is 0 Å². The van der Waals surface area contributed by atoms with Gasteiger partial charge in [0.1, 0.15) is 18.8 Å². The highest BCUT2D eigenvalue weighted by Gasteiger charge is 2.44. The molecule has 10 heteroatoms. The van der Waals surface area contributed by atoms with Gasteiger partial charge in [-0.1, -0.05) is 24.0 Å². The van der Waals surface area contributed by atoms with Gasteiger partial charge in [0.05, 0.1) is 36.8 Å². The number of hydrogen-bond donors (Lipinski definition) is 1. The Morgan fingerprint density at radius 2 is 1.92 bits per heavy atom. The molecule has 1 amide bonds. The number of nitro groups is 1. The number of benzene rings is 2. The maximum Gasteiger partial charge on any atom is 0.295 e. The molecule has 0 saturated carbocycles. The van der Waals surface area contributed by atoms with Gasteiger partial charge in [-0.15, -0.1) is 0 Å². The minimum Gasteiger partial charge on any atom is -0.872 e. The molecule has 10 nitrogen and oxygen atoms in total. The molecule has 38 heavy (non-hydrogen) atoms. The number of non-ortho nitro benzene ring substituents is 1. The largest absolute Gasteiger partial charge is 0.872 e. The normalized spacial score (nSPS) is 19.8. The van der Waals surface area contributed by atoms with E-state index in [0.717, 1.165) is 19.6 Å². The van der Waals surface area contributed by atoms with Crippen LogP contribution < -0.4 is 14.7 Å².